The van der Waals surface area contributed by atoms with Gasteiger partial charge in [-0.05, 0) is 48.0 Å². The van der Waals surface area contributed by atoms with Gasteiger partial charge in [0.25, 0.3) is 5.91 Å². The molecular weight excluding hydrogens is 467 g/mol. The second-order valence-corrected chi connectivity index (χ2v) is 9.22. The predicted molar refractivity (Wildman–Crippen MR) is 136 cm³/mol. The standard InChI is InChI=1S/C27H22Cl2N4O/c28-24-10-7-20(15-25(24)29)17-31-11-13-32(14-12-31)27(34)23-18-33(26-4-2-1-3-22(23)26)21-8-5-19(16-30)6-9-21/h1-10,15,18H,11-14,17H2. The van der Waals surface area contributed by atoms with Crippen molar-refractivity contribution >= 4 is 40.0 Å². The Morgan fingerprint density at radius 2 is 1.65 bits per heavy atom. The number of nitrogens with zero attached hydrogens (tertiary/aromatic N) is 4. The molecule has 34 heavy (non-hydrogen) atoms. The number of amides is 1. The lowest BCUT2D eigenvalue weighted by Gasteiger charge is -2.34. The largest absolute Gasteiger partial charge is 0.336 e. The number of hydrogen-bond donors (Lipinski definition) is 0. The molecule has 1 aliphatic heterocycles. The maximum absolute atomic E-state index is 13.5. The van der Waals surface area contributed by atoms with Gasteiger partial charge in [-0.25, -0.2) is 0 Å². The predicted octanol–water partition coefficient (Wildman–Crippen LogP) is 5.77. The fourth-order valence-electron chi connectivity index (χ4n) is 4.44. The number of halogens is 2. The third kappa shape index (κ3) is 4.41. The molecule has 0 N–H and O–H groups in total. The van der Waals surface area contributed by atoms with Crippen molar-refractivity contribution in [3.05, 3.63) is 99.7 Å². The van der Waals surface area contributed by atoms with Crippen molar-refractivity contribution in [2.45, 2.75) is 6.54 Å². The molecule has 5 nitrogen and oxygen atoms in total. The molecule has 0 saturated carbocycles. The number of piperazine rings is 1. The Morgan fingerprint density at radius 3 is 2.35 bits per heavy atom. The number of fused-ring (bicyclic) bond motifs is 1. The lowest BCUT2D eigenvalue weighted by atomic mass is 10.1. The van der Waals surface area contributed by atoms with Crippen LogP contribution >= 0.6 is 23.2 Å². The Morgan fingerprint density at radius 1 is 0.912 bits per heavy atom. The number of nitriles is 1. The van der Waals surface area contributed by atoms with Crippen molar-refractivity contribution in [1.29, 1.82) is 5.26 Å². The summed E-state index contributed by atoms with van der Waals surface area (Å²) < 4.78 is 2.02. The minimum absolute atomic E-state index is 0.0396. The van der Waals surface area contributed by atoms with E-state index in [-0.39, 0.29) is 5.91 Å². The number of para-hydroxylation sites is 1. The molecule has 7 heteroatoms. The third-order valence-electron chi connectivity index (χ3n) is 6.27. The molecule has 1 aliphatic rings. The van der Waals surface area contributed by atoms with E-state index in [4.69, 9.17) is 28.5 Å². The van der Waals surface area contributed by atoms with Crippen LogP contribution in [0.2, 0.25) is 10.0 Å². The SMILES string of the molecule is N#Cc1ccc(-n2cc(C(=O)N3CCN(Cc4ccc(Cl)c(Cl)c4)CC3)c3ccccc32)cc1. The molecule has 5 rings (SSSR count). The minimum atomic E-state index is 0.0396. The fourth-order valence-corrected chi connectivity index (χ4v) is 4.76. The van der Waals surface area contributed by atoms with Crippen molar-refractivity contribution in [2.75, 3.05) is 26.2 Å². The van der Waals surface area contributed by atoms with Crippen molar-refractivity contribution in [3.63, 3.8) is 0 Å². The van der Waals surface area contributed by atoms with Gasteiger partial charge in [0.15, 0.2) is 0 Å². The van der Waals surface area contributed by atoms with E-state index in [1.165, 1.54) is 0 Å². The average molecular weight is 489 g/mol. The lowest BCUT2D eigenvalue weighted by Crippen LogP contribution is -2.48. The first-order chi connectivity index (χ1) is 16.5. The molecule has 1 saturated heterocycles. The van der Waals surface area contributed by atoms with Gasteiger partial charge in [-0.1, -0.05) is 47.5 Å². The van der Waals surface area contributed by atoms with E-state index < -0.39 is 0 Å². The number of aromatic nitrogens is 1. The van der Waals surface area contributed by atoms with Gasteiger partial charge in [-0.15, -0.1) is 0 Å². The van der Waals surface area contributed by atoms with Crippen molar-refractivity contribution in [1.82, 2.24) is 14.4 Å². The number of carbonyl (C=O) groups excluding carboxylic acids is 1. The normalized spacial score (nSPS) is 14.3. The van der Waals surface area contributed by atoms with Crippen LogP contribution in [0.1, 0.15) is 21.5 Å². The van der Waals surface area contributed by atoms with E-state index in [9.17, 15) is 4.79 Å². The molecule has 170 valence electrons. The molecule has 2 heterocycles. The van der Waals surface area contributed by atoms with Gasteiger partial charge in [0.05, 0.1) is 32.8 Å². The zero-order valence-corrected chi connectivity index (χ0v) is 19.9. The minimum Gasteiger partial charge on any atom is -0.336 e. The Hall–Kier alpha value is -3.30. The molecule has 0 radical (unpaired) electrons. The number of carbonyl (C=O) groups is 1. The third-order valence-corrected chi connectivity index (χ3v) is 7.01. The summed E-state index contributed by atoms with van der Waals surface area (Å²) in [6, 6.07) is 23.2. The zero-order valence-electron chi connectivity index (χ0n) is 18.4. The van der Waals surface area contributed by atoms with Gasteiger partial charge >= 0.3 is 0 Å². The Labute approximate surface area is 208 Å². The maximum Gasteiger partial charge on any atom is 0.256 e. The molecule has 4 aromatic rings. The number of rotatable bonds is 4. The average Bonchev–Trinajstić information content (AvgIpc) is 3.26. The van der Waals surface area contributed by atoms with E-state index in [2.05, 4.69) is 11.0 Å². The second-order valence-electron chi connectivity index (χ2n) is 8.41. The summed E-state index contributed by atoms with van der Waals surface area (Å²) in [4.78, 5) is 17.8. The summed E-state index contributed by atoms with van der Waals surface area (Å²) in [5, 5.41) is 11.1. The molecular formula is C27H22Cl2N4O. The smallest absolute Gasteiger partial charge is 0.256 e. The van der Waals surface area contributed by atoms with Gasteiger partial charge in [-0.3, -0.25) is 9.69 Å². The molecule has 1 aromatic heterocycles. The molecule has 1 amide bonds. The van der Waals surface area contributed by atoms with Crippen LogP contribution in [-0.2, 0) is 6.54 Å². The zero-order chi connectivity index (χ0) is 23.7. The molecule has 0 unspecified atom stereocenters. The van der Waals surface area contributed by atoms with Crippen LogP contribution in [0.15, 0.2) is 72.9 Å². The highest BCUT2D eigenvalue weighted by molar-refractivity contribution is 6.42. The van der Waals surface area contributed by atoms with E-state index in [0.29, 0.717) is 34.3 Å². The Balaban J connectivity index is 1.34. The summed E-state index contributed by atoms with van der Waals surface area (Å²) in [5.41, 5.74) is 4.29. The van der Waals surface area contributed by atoms with E-state index >= 15 is 0 Å². The quantitative estimate of drug-likeness (QED) is 0.366. The topological polar surface area (TPSA) is 52.3 Å². The highest BCUT2D eigenvalue weighted by Gasteiger charge is 2.25. The van der Waals surface area contributed by atoms with Crippen LogP contribution in [0, 0.1) is 11.3 Å². The van der Waals surface area contributed by atoms with Crippen LogP contribution in [0.3, 0.4) is 0 Å². The number of hydrogen-bond acceptors (Lipinski definition) is 3. The highest BCUT2D eigenvalue weighted by atomic mass is 35.5. The molecule has 0 bridgehead atoms. The van der Waals surface area contributed by atoms with Crippen LogP contribution < -0.4 is 0 Å². The Kier molecular flexibility index (Phi) is 6.30. The molecule has 0 atom stereocenters. The first kappa shape index (κ1) is 22.5. The van der Waals surface area contributed by atoms with Crippen molar-refractivity contribution < 1.29 is 4.79 Å². The van der Waals surface area contributed by atoms with E-state index in [0.717, 1.165) is 41.8 Å². The van der Waals surface area contributed by atoms with E-state index in [1.54, 1.807) is 12.1 Å². The summed E-state index contributed by atoms with van der Waals surface area (Å²) in [6.07, 6.45) is 1.91. The summed E-state index contributed by atoms with van der Waals surface area (Å²) >= 11 is 12.2. The lowest BCUT2D eigenvalue weighted by molar-refractivity contribution is 0.0630. The molecule has 1 fully saturated rings. The van der Waals surface area contributed by atoms with Gasteiger partial charge in [0, 0.05) is 50.0 Å². The maximum atomic E-state index is 13.5. The summed E-state index contributed by atoms with van der Waals surface area (Å²) in [7, 11) is 0. The van der Waals surface area contributed by atoms with Gasteiger partial charge < -0.3 is 9.47 Å². The number of benzene rings is 3. The first-order valence-corrected chi connectivity index (χ1v) is 11.9. The monoisotopic (exact) mass is 488 g/mol. The first-order valence-electron chi connectivity index (χ1n) is 11.1. The van der Waals surface area contributed by atoms with Crippen LogP contribution in [0.4, 0.5) is 0 Å². The van der Waals surface area contributed by atoms with Gasteiger partial charge in [0.2, 0.25) is 0 Å². The van der Waals surface area contributed by atoms with Crippen LogP contribution in [0.5, 0.6) is 0 Å². The van der Waals surface area contributed by atoms with Crippen LogP contribution in [0.25, 0.3) is 16.6 Å². The van der Waals surface area contributed by atoms with Crippen molar-refractivity contribution in [3.8, 4) is 11.8 Å². The summed E-state index contributed by atoms with van der Waals surface area (Å²) in [6.45, 7) is 3.68. The van der Waals surface area contributed by atoms with Crippen molar-refractivity contribution in [2.24, 2.45) is 0 Å². The summed E-state index contributed by atoms with van der Waals surface area (Å²) in [5.74, 6) is 0.0396. The highest BCUT2D eigenvalue weighted by Crippen LogP contribution is 2.27. The molecule has 3 aromatic carbocycles. The van der Waals surface area contributed by atoms with Gasteiger partial charge in [0.1, 0.15) is 0 Å². The molecule has 0 aliphatic carbocycles. The van der Waals surface area contributed by atoms with Gasteiger partial charge in [-0.2, -0.15) is 5.26 Å². The second kappa shape index (κ2) is 9.52. The van der Waals surface area contributed by atoms with E-state index in [1.807, 2.05) is 70.3 Å². The van der Waals surface area contributed by atoms with Crippen LogP contribution in [-0.4, -0.2) is 46.5 Å². The fraction of sp³-hybridized carbons (Fsp3) is 0.185. The Bertz CT molecular complexity index is 1400. The molecule has 0 spiro atoms.